The zero-order valence-electron chi connectivity index (χ0n) is 14.8. The van der Waals surface area contributed by atoms with Gasteiger partial charge in [0.25, 0.3) is 0 Å². The Hall–Kier alpha value is -3.81. The number of benzene rings is 4. The molecule has 0 heterocycles. The summed E-state index contributed by atoms with van der Waals surface area (Å²) in [6.45, 7) is 0. The van der Waals surface area contributed by atoms with E-state index in [2.05, 4.69) is 72.5 Å². The molecule has 0 saturated carbocycles. The molecular weight excluding hydrogens is 326 g/mol. The second-order valence-corrected chi connectivity index (χ2v) is 6.38. The predicted molar refractivity (Wildman–Crippen MR) is 111 cm³/mol. The van der Waals surface area contributed by atoms with Crippen LogP contribution in [0.25, 0.3) is 21.9 Å². The summed E-state index contributed by atoms with van der Waals surface area (Å²) in [5.41, 5.74) is 5.23. The molecular formula is C26H17N. The van der Waals surface area contributed by atoms with Gasteiger partial charge < -0.3 is 0 Å². The molecule has 0 radical (unpaired) electrons. The number of hydrogen-bond donors (Lipinski definition) is 0. The van der Waals surface area contributed by atoms with Crippen LogP contribution < -0.4 is 0 Å². The van der Waals surface area contributed by atoms with Crippen LogP contribution in [0.15, 0.2) is 91.0 Å². The zero-order chi connectivity index (χ0) is 18.5. The largest absolute Gasteiger partial charge is 0.198 e. The van der Waals surface area contributed by atoms with Crippen LogP contribution in [0.3, 0.4) is 0 Å². The van der Waals surface area contributed by atoms with Crippen LogP contribution in [-0.2, 0) is 6.42 Å². The van der Waals surface area contributed by atoms with Crippen molar-refractivity contribution in [2.24, 2.45) is 0 Å². The third-order valence-corrected chi connectivity index (χ3v) is 4.60. The summed E-state index contributed by atoms with van der Waals surface area (Å²) in [5, 5.41) is 11.4. The maximum Gasteiger partial charge on any atom is 0.0670 e. The Morgan fingerprint density at radius 3 is 2.15 bits per heavy atom. The number of nitrogens with zero attached hydrogens (tertiary/aromatic N) is 1. The summed E-state index contributed by atoms with van der Waals surface area (Å²) in [4.78, 5) is 0. The molecule has 0 aliphatic carbocycles. The minimum absolute atomic E-state index is 0.381. The van der Waals surface area contributed by atoms with Crippen LogP contribution >= 0.6 is 0 Å². The number of hydrogen-bond acceptors (Lipinski definition) is 1. The van der Waals surface area contributed by atoms with E-state index in [1.807, 2.05) is 36.4 Å². The first-order valence-corrected chi connectivity index (χ1v) is 8.89. The van der Waals surface area contributed by atoms with Crippen LogP contribution in [-0.4, -0.2) is 0 Å². The highest BCUT2D eigenvalue weighted by Gasteiger charge is 2.00. The van der Waals surface area contributed by atoms with E-state index in [1.54, 1.807) is 0 Å². The lowest BCUT2D eigenvalue weighted by molar-refractivity contribution is 1.25. The maximum absolute atomic E-state index is 8.94. The predicted octanol–water partition coefficient (Wildman–Crippen LogP) is 5.97. The SMILES string of the molecule is N#CCc1ccccc1C#Cc1ccc(-c2ccc3ccccc3c2)cc1. The fraction of sp³-hybridized carbons (Fsp3) is 0.0385. The molecule has 0 unspecified atom stereocenters. The Labute approximate surface area is 159 Å². The van der Waals surface area contributed by atoms with Gasteiger partial charge in [-0.1, -0.05) is 78.6 Å². The van der Waals surface area contributed by atoms with Crippen LogP contribution in [0.2, 0.25) is 0 Å². The molecule has 0 atom stereocenters. The second kappa shape index (κ2) is 7.61. The Bertz CT molecular complexity index is 1200. The van der Waals surface area contributed by atoms with E-state index in [0.29, 0.717) is 6.42 Å². The normalized spacial score (nSPS) is 10.0. The zero-order valence-corrected chi connectivity index (χ0v) is 14.8. The van der Waals surface area contributed by atoms with Gasteiger partial charge in [0.05, 0.1) is 12.5 Å². The lowest BCUT2D eigenvalue weighted by Crippen LogP contribution is -1.87. The van der Waals surface area contributed by atoms with Crippen LogP contribution in [0.4, 0.5) is 0 Å². The van der Waals surface area contributed by atoms with Crippen molar-refractivity contribution in [3.8, 4) is 29.0 Å². The van der Waals surface area contributed by atoms with Gasteiger partial charge in [-0.05, 0) is 51.7 Å². The summed E-state index contributed by atoms with van der Waals surface area (Å²) >= 11 is 0. The molecule has 0 aliphatic heterocycles. The highest BCUT2D eigenvalue weighted by molar-refractivity contribution is 5.87. The summed E-state index contributed by atoms with van der Waals surface area (Å²) < 4.78 is 0. The van der Waals surface area contributed by atoms with Crippen molar-refractivity contribution in [1.29, 1.82) is 5.26 Å². The van der Waals surface area contributed by atoms with E-state index in [-0.39, 0.29) is 0 Å². The van der Waals surface area contributed by atoms with Crippen molar-refractivity contribution in [1.82, 2.24) is 0 Å². The standard InChI is InChI=1S/C26H17N/c27-18-17-23-7-2-1-5-21(23)12-9-20-10-13-24(14-11-20)26-16-15-22-6-3-4-8-25(22)19-26/h1-8,10-11,13-16,19H,17H2. The highest BCUT2D eigenvalue weighted by Crippen LogP contribution is 2.24. The first-order valence-electron chi connectivity index (χ1n) is 8.89. The van der Waals surface area contributed by atoms with Gasteiger partial charge in [0.1, 0.15) is 0 Å². The van der Waals surface area contributed by atoms with Crippen molar-refractivity contribution >= 4 is 10.8 Å². The first kappa shape index (κ1) is 16.6. The Kier molecular flexibility index (Phi) is 4.69. The molecule has 126 valence electrons. The quantitative estimate of drug-likeness (QED) is 0.411. The molecule has 0 fully saturated rings. The number of rotatable bonds is 2. The molecule has 4 rings (SSSR count). The van der Waals surface area contributed by atoms with Gasteiger partial charge in [-0.2, -0.15) is 5.26 Å². The van der Waals surface area contributed by atoms with Gasteiger partial charge in [0.15, 0.2) is 0 Å². The average molecular weight is 343 g/mol. The third kappa shape index (κ3) is 3.74. The van der Waals surface area contributed by atoms with Crippen LogP contribution in [0.1, 0.15) is 16.7 Å². The van der Waals surface area contributed by atoms with Crippen LogP contribution in [0.5, 0.6) is 0 Å². The number of nitriles is 1. The fourth-order valence-corrected chi connectivity index (χ4v) is 3.14. The molecule has 0 saturated heterocycles. The Balaban J connectivity index is 1.61. The molecule has 4 aromatic rings. The fourth-order valence-electron chi connectivity index (χ4n) is 3.14. The molecule has 0 N–H and O–H groups in total. The number of fused-ring (bicyclic) bond motifs is 1. The van der Waals surface area contributed by atoms with E-state index in [1.165, 1.54) is 21.9 Å². The van der Waals surface area contributed by atoms with Crippen molar-refractivity contribution in [2.45, 2.75) is 6.42 Å². The van der Waals surface area contributed by atoms with Gasteiger partial charge in [-0.15, -0.1) is 0 Å². The lowest BCUT2D eigenvalue weighted by Gasteiger charge is -2.04. The van der Waals surface area contributed by atoms with Gasteiger partial charge in [0, 0.05) is 11.1 Å². The molecule has 0 amide bonds. The molecule has 0 bridgehead atoms. The highest BCUT2D eigenvalue weighted by atomic mass is 14.2. The third-order valence-electron chi connectivity index (χ3n) is 4.60. The average Bonchev–Trinajstić information content (AvgIpc) is 2.73. The smallest absolute Gasteiger partial charge is 0.0670 e. The van der Waals surface area contributed by atoms with Gasteiger partial charge >= 0.3 is 0 Å². The summed E-state index contributed by atoms with van der Waals surface area (Å²) in [6, 6.07) is 33.2. The topological polar surface area (TPSA) is 23.8 Å². The molecule has 4 aromatic carbocycles. The van der Waals surface area contributed by atoms with Crippen molar-refractivity contribution in [2.75, 3.05) is 0 Å². The van der Waals surface area contributed by atoms with E-state index in [0.717, 1.165) is 16.7 Å². The Morgan fingerprint density at radius 2 is 1.33 bits per heavy atom. The summed E-state index contributed by atoms with van der Waals surface area (Å²) in [7, 11) is 0. The molecule has 27 heavy (non-hydrogen) atoms. The maximum atomic E-state index is 8.94. The minimum atomic E-state index is 0.381. The molecule has 1 heteroatoms. The minimum Gasteiger partial charge on any atom is -0.198 e. The van der Waals surface area contributed by atoms with Crippen molar-refractivity contribution in [3.63, 3.8) is 0 Å². The molecule has 0 spiro atoms. The summed E-state index contributed by atoms with van der Waals surface area (Å²) in [5.74, 6) is 6.41. The van der Waals surface area contributed by atoms with Gasteiger partial charge in [0.2, 0.25) is 0 Å². The second-order valence-electron chi connectivity index (χ2n) is 6.38. The van der Waals surface area contributed by atoms with Crippen molar-refractivity contribution in [3.05, 3.63) is 108 Å². The lowest BCUT2D eigenvalue weighted by atomic mass is 10.00. The van der Waals surface area contributed by atoms with E-state index in [9.17, 15) is 0 Å². The van der Waals surface area contributed by atoms with E-state index in [4.69, 9.17) is 5.26 Å². The molecule has 1 nitrogen and oxygen atoms in total. The first-order chi connectivity index (χ1) is 13.3. The summed E-state index contributed by atoms with van der Waals surface area (Å²) in [6.07, 6.45) is 0.381. The molecule has 0 aliphatic rings. The Morgan fingerprint density at radius 1 is 0.630 bits per heavy atom. The molecule has 0 aromatic heterocycles. The van der Waals surface area contributed by atoms with E-state index < -0.39 is 0 Å². The van der Waals surface area contributed by atoms with Gasteiger partial charge in [-0.3, -0.25) is 0 Å². The van der Waals surface area contributed by atoms with Crippen molar-refractivity contribution < 1.29 is 0 Å². The monoisotopic (exact) mass is 343 g/mol. The van der Waals surface area contributed by atoms with Crippen LogP contribution in [0, 0.1) is 23.2 Å². The van der Waals surface area contributed by atoms with Gasteiger partial charge in [-0.25, -0.2) is 0 Å². The van der Waals surface area contributed by atoms with E-state index >= 15 is 0 Å².